The topological polar surface area (TPSA) is 102 Å². The molecule has 0 spiro atoms. The van der Waals surface area contributed by atoms with Crippen molar-refractivity contribution in [2.75, 3.05) is 6.16 Å². The molecule has 190 valence electrons. The second-order valence-corrected chi connectivity index (χ2v) is 11.8. The van der Waals surface area contributed by atoms with Gasteiger partial charge in [-0.05, 0) is 29.9 Å². The third-order valence-electron chi connectivity index (χ3n) is 6.43. The van der Waals surface area contributed by atoms with Gasteiger partial charge in [-0.3, -0.25) is 9.36 Å². The molecule has 0 heterocycles. The van der Waals surface area contributed by atoms with Crippen molar-refractivity contribution >= 4 is 19.4 Å². The highest BCUT2D eigenvalue weighted by Crippen LogP contribution is 2.49. The van der Waals surface area contributed by atoms with E-state index in [2.05, 4.69) is 5.32 Å². The fraction of sp³-hybridized carbons (Fsp3) is 0.481. The van der Waals surface area contributed by atoms with Gasteiger partial charge < -0.3 is 19.7 Å². The molecule has 1 amide bonds. The van der Waals surface area contributed by atoms with Crippen molar-refractivity contribution in [1.82, 2.24) is 5.32 Å². The summed E-state index contributed by atoms with van der Waals surface area (Å²) in [7, 11) is -3.77. The summed E-state index contributed by atoms with van der Waals surface area (Å²) in [6.45, 7) is 0.186. The molecule has 1 aliphatic carbocycles. The van der Waals surface area contributed by atoms with Crippen LogP contribution >= 0.6 is 7.37 Å². The SMILES string of the molecule is O=C(CCC(NC(=O)OCc1ccccc1)P(=O)(O)CCC1CCCCC1)OCc1ccccc1. The van der Waals surface area contributed by atoms with Crippen molar-refractivity contribution in [3.05, 3.63) is 71.8 Å². The number of alkyl carbamates (subject to hydrolysis) is 1. The van der Waals surface area contributed by atoms with E-state index < -0.39 is 25.2 Å². The Morgan fingerprint density at radius 2 is 1.49 bits per heavy atom. The minimum atomic E-state index is -3.77. The summed E-state index contributed by atoms with van der Waals surface area (Å²) in [5, 5.41) is 2.56. The first-order valence-electron chi connectivity index (χ1n) is 12.4. The van der Waals surface area contributed by atoms with E-state index in [9.17, 15) is 19.0 Å². The molecule has 2 unspecified atom stereocenters. The molecule has 1 fully saturated rings. The van der Waals surface area contributed by atoms with E-state index in [-0.39, 0.29) is 32.2 Å². The first-order valence-corrected chi connectivity index (χ1v) is 14.3. The normalized spacial score (nSPS) is 16.6. The van der Waals surface area contributed by atoms with Crippen LogP contribution in [0.3, 0.4) is 0 Å². The van der Waals surface area contributed by atoms with Gasteiger partial charge in [0.2, 0.25) is 7.37 Å². The molecule has 1 aliphatic rings. The van der Waals surface area contributed by atoms with Gasteiger partial charge in [0.1, 0.15) is 19.0 Å². The minimum absolute atomic E-state index is 0.00645. The molecule has 2 aromatic rings. The summed E-state index contributed by atoms with van der Waals surface area (Å²) in [5.41, 5.74) is 1.67. The van der Waals surface area contributed by atoms with E-state index in [1.165, 1.54) is 6.42 Å². The molecular weight excluding hydrogens is 465 g/mol. The summed E-state index contributed by atoms with van der Waals surface area (Å²) >= 11 is 0. The summed E-state index contributed by atoms with van der Waals surface area (Å²) in [5.74, 6) is -1.12. The largest absolute Gasteiger partial charge is 0.461 e. The molecule has 2 N–H and O–H groups in total. The second-order valence-electron chi connectivity index (χ2n) is 9.18. The third-order valence-corrected chi connectivity index (χ3v) is 8.69. The standard InChI is InChI=1S/C27H36NO6P/c29-26(33-20-23-12-6-2-7-13-23)17-16-25(28-27(30)34-21-24-14-8-3-9-15-24)35(31,32)19-18-22-10-4-1-5-11-22/h2-3,6-9,12-15,22,25H,1,4-5,10-11,16-21H2,(H,28,30)(H,31,32). The van der Waals surface area contributed by atoms with Crippen molar-refractivity contribution in [2.24, 2.45) is 5.92 Å². The molecule has 0 radical (unpaired) electrons. The van der Waals surface area contributed by atoms with Crippen molar-refractivity contribution in [3.8, 4) is 0 Å². The van der Waals surface area contributed by atoms with Gasteiger partial charge in [0.15, 0.2) is 0 Å². The van der Waals surface area contributed by atoms with Crippen LogP contribution in [0.25, 0.3) is 0 Å². The maximum absolute atomic E-state index is 13.3. The van der Waals surface area contributed by atoms with Crippen LogP contribution in [0.5, 0.6) is 0 Å². The van der Waals surface area contributed by atoms with Gasteiger partial charge in [0.25, 0.3) is 0 Å². The highest BCUT2D eigenvalue weighted by atomic mass is 31.2. The number of amides is 1. The Kier molecular flexibility index (Phi) is 10.8. The van der Waals surface area contributed by atoms with Gasteiger partial charge in [-0.25, -0.2) is 4.79 Å². The zero-order valence-electron chi connectivity index (χ0n) is 20.1. The van der Waals surface area contributed by atoms with Gasteiger partial charge in [-0.15, -0.1) is 0 Å². The van der Waals surface area contributed by atoms with Crippen molar-refractivity contribution < 1.29 is 28.5 Å². The Morgan fingerprint density at radius 1 is 0.914 bits per heavy atom. The average Bonchev–Trinajstić information content (AvgIpc) is 2.89. The molecule has 8 heteroatoms. The summed E-state index contributed by atoms with van der Waals surface area (Å²) in [6.07, 6.45) is 5.58. The predicted molar refractivity (Wildman–Crippen MR) is 135 cm³/mol. The van der Waals surface area contributed by atoms with E-state index in [4.69, 9.17) is 9.47 Å². The van der Waals surface area contributed by atoms with Gasteiger partial charge in [0.05, 0.1) is 0 Å². The van der Waals surface area contributed by atoms with E-state index >= 15 is 0 Å². The number of hydrogen-bond donors (Lipinski definition) is 2. The first kappa shape index (κ1) is 27.0. The summed E-state index contributed by atoms with van der Waals surface area (Å²) in [4.78, 5) is 35.7. The molecule has 2 aromatic carbocycles. The number of esters is 1. The molecule has 1 saturated carbocycles. The lowest BCUT2D eigenvalue weighted by Crippen LogP contribution is -2.36. The monoisotopic (exact) mass is 501 g/mol. The third kappa shape index (κ3) is 9.87. The average molecular weight is 502 g/mol. The number of carbonyl (C=O) groups is 2. The van der Waals surface area contributed by atoms with Crippen molar-refractivity contribution in [3.63, 3.8) is 0 Å². The molecule has 35 heavy (non-hydrogen) atoms. The van der Waals surface area contributed by atoms with Crippen LogP contribution in [-0.2, 0) is 32.0 Å². The van der Waals surface area contributed by atoms with Crippen molar-refractivity contribution in [1.29, 1.82) is 0 Å². The highest BCUT2D eigenvalue weighted by Gasteiger charge is 2.34. The van der Waals surface area contributed by atoms with Gasteiger partial charge in [-0.1, -0.05) is 92.8 Å². The summed E-state index contributed by atoms with van der Waals surface area (Å²) < 4.78 is 23.9. The lowest BCUT2D eigenvalue weighted by molar-refractivity contribution is -0.145. The lowest BCUT2D eigenvalue weighted by Gasteiger charge is -2.27. The first-order chi connectivity index (χ1) is 16.9. The van der Waals surface area contributed by atoms with E-state index in [1.807, 2.05) is 60.7 Å². The smallest absolute Gasteiger partial charge is 0.408 e. The van der Waals surface area contributed by atoms with Gasteiger partial charge in [0, 0.05) is 12.6 Å². The number of hydrogen-bond acceptors (Lipinski definition) is 5. The van der Waals surface area contributed by atoms with E-state index in [0.29, 0.717) is 12.3 Å². The molecule has 7 nitrogen and oxygen atoms in total. The fourth-order valence-corrected chi connectivity index (χ4v) is 6.23. The molecule has 0 bridgehead atoms. The fourth-order valence-electron chi connectivity index (χ4n) is 4.34. The molecular formula is C27H36NO6P. The Hall–Kier alpha value is -2.63. The van der Waals surface area contributed by atoms with Crippen LogP contribution in [0.2, 0.25) is 0 Å². The zero-order chi connectivity index (χ0) is 24.9. The van der Waals surface area contributed by atoms with Crippen LogP contribution < -0.4 is 5.32 Å². The number of nitrogens with one attached hydrogen (secondary N) is 1. The lowest BCUT2D eigenvalue weighted by atomic mass is 9.88. The van der Waals surface area contributed by atoms with E-state index in [1.54, 1.807) is 0 Å². The Morgan fingerprint density at radius 3 is 2.09 bits per heavy atom. The Balaban J connectivity index is 1.55. The molecule has 0 aliphatic heterocycles. The zero-order valence-corrected chi connectivity index (χ0v) is 21.0. The van der Waals surface area contributed by atoms with Crippen LogP contribution in [0.4, 0.5) is 4.79 Å². The highest BCUT2D eigenvalue weighted by molar-refractivity contribution is 7.58. The van der Waals surface area contributed by atoms with Crippen LogP contribution in [0, 0.1) is 5.92 Å². The maximum Gasteiger partial charge on any atom is 0.408 e. The minimum Gasteiger partial charge on any atom is -0.461 e. The van der Waals surface area contributed by atoms with Gasteiger partial charge in [-0.2, -0.15) is 0 Å². The Bertz CT molecular complexity index is 962. The number of rotatable bonds is 12. The second kappa shape index (κ2) is 14.1. The molecule has 3 rings (SSSR count). The number of carbonyl (C=O) groups excluding carboxylic acids is 2. The molecule has 0 saturated heterocycles. The number of benzene rings is 2. The maximum atomic E-state index is 13.3. The van der Waals surface area contributed by atoms with Crippen LogP contribution in [0.1, 0.15) is 62.5 Å². The summed E-state index contributed by atoms with van der Waals surface area (Å²) in [6, 6.07) is 18.5. The molecule has 2 atom stereocenters. The quantitative estimate of drug-likeness (QED) is 0.273. The number of ether oxygens (including phenoxy) is 2. The van der Waals surface area contributed by atoms with Crippen LogP contribution in [-0.4, -0.2) is 28.9 Å². The van der Waals surface area contributed by atoms with E-state index in [0.717, 1.165) is 36.8 Å². The van der Waals surface area contributed by atoms with Crippen molar-refractivity contribution in [2.45, 2.75) is 70.4 Å². The predicted octanol–water partition coefficient (Wildman–Crippen LogP) is 6.00. The molecule has 0 aromatic heterocycles. The Labute approximate surface area is 207 Å². The van der Waals surface area contributed by atoms with Gasteiger partial charge >= 0.3 is 12.1 Å². The van der Waals surface area contributed by atoms with Crippen LogP contribution in [0.15, 0.2) is 60.7 Å².